The zero-order valence-corrected chi connectivity index (χ0v) is 46.8. The Morgan fingerprint density at radius 3 is 0.959 bits per heavy atom. The highest BCUT2D eigenvalue weighted by Crippen LogP contribution is 2.13. The highest BCUT2D eigenvalue weighted by molar-refractivity contribution is 5.71. The Hall–Kier alpha value is -4.71. The van der Waals surface area contributed by atoms with Gasteiger partial charge in [-0.15, -0.1) is 0 Å². The molecule has 0 aromatic rings. The number of esters is 3. The number of ether oxygens (including phenoxy) is 3. The van der Waals surface area contributed by atoms with Crippen molar-refractivity contribution in [2.45, 2.75) is 245 Å². The molecule has 1 atom stereocenters. The lowest BCUT2D eigenvalue weighted by atomic mass is 10.1. The van der Waals surface area contributed by atoms with E-state index in [1.54, 1.807) is 0 Å². The van der Waals surface area contributed by atoms with E-state index in [1.165, 1.54) is 51.4 Å². The zero-order valence-electron chi connectivity index (χ0n) is 46.8. The molecule has 0 bridgehead atoms. The van der Waals surface area contributed by atoms with Crippen LogP contribution in [0, 0.1) is 0 Å². The highest BCUT2D eigenvalue weighted by atomic mass is 16.6. The fourth-order valence-electron chi connectivity index (χ4n) is 7.57. The summed E-state index contributed by atoms with van der Waals surface area (Å²) in [6.07, 6.45) is 85.3. The van der Waals surface area contributed by atoms with Crippen LogP contribution in [-0.4, -0.2) is 37.2 Å². The SMILES string of the molecule is CC/C=C\C/C=C\C/C=C\C/C=C\CCCCCCCCC(=O)OCC(COC(=O)CCCCCCC\C=C/C=C\C=C/C=C\CCCCC)OC(=O)CCCCCCC\C=C/C=C\C=C/C=C\CCCCC. The van der Waals surface area contributed by atoms with E-state index in [9.17, 15) is 14.4 Å². The lowest BCUT2D eigenvalue weighted by molar-refractivity contribution is -0.167. The van der Waals surface area contributed by atoms with Gasteiger partial charge in [-0.3, -0.25) is 14.4 Å². The Morgan fingerprint density at radius 1 is 0.301 bits per heavy atom. The van der Waals surface area contributed by atoms with E-state index >= 15 is 0 Å². The van der Waals surface area contributed by atoms with E-state index in [0.717, 1.165) is 148 Å². The molecule has 0 saturated heterocycles. The monoisotopic (exact) mass is 1010 g/mol. The van der Waals surface area contributed by atoms with E-state index in [-0.39, 0.29) is 37.5 Å². The Morgan fingerprint density at radius 2 is 0.589 bits per heavy atom. The summed E-state index contributed by atoms with van der Waals surface area (Å²) in [7, 11) is 0. The summed E-state index contributed by atoms with van der Waals surface area (Å²) in [5, 5.41) is 0. The number of rotatable bonds is 51. The van der Waals surface area contributed by atoms with Gasteiger partial charge >= 0.3 is 17.9 Å². The molecule has 0 fully saturated rings. The minimum Gasteiger partial charge on any atom is -0.462 e. The molecule has 0 saturated carbocycles. The molecule has 0 aliphatic heterocycles. The first-order valence-corrected chi connectivity index (χ1v) is 29.4. The van der Waals surface area contributed by atoms with E-state index < -0.39 is 6.10 Å². The van der Waals surface area contributed by atoms with Crippen molar-refractivity contribution < 1.29 is 28.6 Å². The maximum absolute atomic E-state index is 12.9. The molecular weight excluding hydrogens is 901 g/mol. The van der Waals surface area contributed by atoms with Crippen LogP contribution >= 0.6 is 0 Å². The summed E-state index contributed by atoms with van der Waals surface area (Å²) < 4.78 is 16.8. The Kier molecular flexibility index (Phi) is 56.0. The average molecular weight is 1010 g/mol. The molecule has 0 aliphatic rings. The average Bonchev–Trinajstić information content (AvgIpc) is 3.39. The van der Waals surface area contributed by atoms with Crippen molar-refractivity contribution in [1.82, 2.24) is 0 Å². The van der Waals surface area contributed by atoms with Gasteiger partial charge in [-0.25, -0.2) is 0 Å². The molecule has 6 heteroatoms. The maximum Gasteiger partial charge on any atom is 0.306 e. The standard InChI is InChI=1S/C67H106O6/c1-4-7-10-13-16-19-22-25-28-31-34-37-39-42-45-48-51-54-57-60-66(69)72-63-64(73-67(70)61-58-55-52-49-46-43-40-36-33-30-27-24-21-18-15-12-9-6-3)62-71-65(68)59-56-53-50-47-44-41-38-35-32-29-26-23-20-17-14-11-8-5-2/h7,10,16-21,23-30,32-38,40,64H,4-6,8-9,11-15,22,31,39,41-63H2,1-3H3/b10-7-,19-16-,20-17-,21-18-,26-23-,27-24-,28-25-,32-29-,33-30-,37-34-,38-35-,40-36-. The van der Waals surface area contributed by atoms with Crippen LogP contribution in [0.1, 0.15) is 239 Å². The molecule has 1 unspecified atom stereocenters. The third kappa shape index (κ3) is 58.1. The Labute approximate surface area is 448 Å². The van der Waals surface area contributed by atoms with Gasteiger partial charge in [0.25, 0.3) is 0 Å². The van der Waals surface area contributed by atoms with Crippen LogP contribution in [-0.2, 0) is 28.6 Å². The molecule has 0 spiro atoms. The predicted molar refractivity (Wildman–Crippen MR) is 315 cm³/mol. The largest absolute Gasteiger partial charge is 0.462 e. The molecule has 0 N–H and O–H groups in total. The first-order valence-electron chi connectivity index (χ1n) is 29.4. The Bertz CT molecular complexity index is 1630. The van der Waals surface area contributed by atoms with Crippen molar-refractivity contribution >= 4 is 17.9 Å². The lowest BCUT2D eigenvalue weighted by Crippen LogP contribution is -2.30. The lowest BCUT2D eigenvalue weighted by Gasteiger charge is -2.18. The second-order valence-corrected chi connectivity index (χ2v) is 19.0. The molecule has 6 nitrogen and oxygen atoms in total. The third-order valence-corrected chi connectivity index (χ3v) is 12.0. The van der Waals surface area contributed by atoms with E-state index in [1.807, 2.05) is 0 Å². The van der Waals surface area contributed by atoms with E-state index in [2.05, 4.69) is 167 Å². The molecule has 0 aliphatic carbocycles. The molecule has 0 amide bonds. The van der Waals surface area contributed by atoms with Crippen LogP contribution in [0.4, 0.5) is 0 Å². The number of hydrogen-bond acceptors (Lipinski definition) is 6. The van der Waals surface area contributed by atoms with Gasteiger partial charge in [-0.2, -0.15) is 0 Å². The van der Waals surface area contributed by atoms with Gasteiger partial charge in [0.1, 0.15) is 13.2 Å². The van der Waals surface area contributed by atoms with Crippen LogP contribution in [0.5, 0.6) is 0 Å². The van der Waals surface area contributed by atoms with Gasteiger partial charge in [0.15, 0.2) is 6.10 Å². The first kappa shape index (κ1) is 68.3. The summed E-state index contributed by atoms with van der Waals surface area (Å²) in [6, 6.07) is 0. The minimum atomic E-state index is -0.815. The number of unbranched alkanes of at least 4 members (excludes halogenated alkanes) is 22. The van der Waals surface area contributed by atoms with Crippen LogP contribution in [0.3, 0.4) is 0 Å². The van der Waals surface area contributed by atoms with Crippen molar-refractivity contribution in [3.8, 4) is 0 Å². The van der Waals surface area contributed by atoms with Gasteiger partial charge < -0.3 is 14.2 Å². The van der Waals surface area contributed by atoms with Crippen LogP contribution in [0.25, 0.3) is 0 Å². The van der Waals surface area contributed by atoms with Crippen molar-refractivity contribution in [3.05, 3.63) is 146 Å². The molecule has 0 rings (SSSR count). The second kappa shape index (κ2) is 59.8. The number of carbonyl (C=O) groups is 3. The summed E-state index contributed by atoms with van der Waals surface area (Å²) in [5.74, 6) is -0.973. The first-order chi connectivity index (χ1) is 36.0. The number of hydrogen-bond donors (Lipinski definition) is 0. The summed E-state index contributed by atoms with van der Waals surface area (Å²) >= 11 is 0. The topological polar surface area (TPSA) is 78.9 Å². The normalized spacial score (nSPS) is 13.2. The number of carbonyl (C=O) groups excluding carboxylic acids is 3. The maximum atomic E-state index is 12.9. The van der Waals surface area contributed by atoms with Crippen LogP contribution in [0.15, 0.2) is 146 Å². The van der Waals surface area contributed by atoms with E-state index in [0.29, 0.717) is 12.8 Å². The molecule has 0 heterocycles. The molecule has 73 heavy (non-hydrogen) atoms. The summed E-state index contributed by atoms with van der Waals surface area (Å²) in [5.41, 5.74) is 0. The quantitative estimate of drug-likeness (QED) is 0.0199. The molecule has 0 aromatic carbocycles. The second-order valence-electron chi connectivity index (χ2n) is 19.0. The fourth-order valence-corrected chi connectivity index (χ4v) is 7.57. The summed E-state index contributed by atoms with van der Waals surface area (Å²) in [4.78, 5) is 38.2. The minimum absolute atomic E-state index is 0.109. The van der Waals surface area contributed by atoms with Crippen molar-refractivity contribution in [1.29, 1.82) is 0 Å². The molecule has 0 aromatic heterocycles. The van der Waals surface area contributed by atoms with Crippen molar-refractivity contribution in [3.63, 3.8) is 0 Å². The zero-order chi connectivity index (χ0) is 52.9. The van der Waals surface area contributed by atoms with E-state index in [4.69, 9.17) is 14.2 Å². The van der Waals surface area contributed by atoms with Gasteiger partial charge in [0.2, 0.25) is 0 Å². The van der Waals surface area contributed by atoms with Crippen LogP contribution < -0.4 is 0 Å². The number of allylic oxidation sites excluding steroid dienone is 24. The van der Waals surface area contributed by atoms with Gasteiger partial charge in [-0.1, -0.05) is 256 Å². The van der Waals surface area contributed by atoms with Gasteiger partial charge in [-0.05, 0) is 109 Å². The fraction of sp³-hybridized carbons (Fsp3) is 0.597. The van der Waals surface area contributed by atoms with Crippen molar-refractivity contribution in [2.75, 3.05) is 13.2 Å². The summed E-state index contributed by atoms with van der Waals surface area (Å²) in [6.45, 7) is 6.39. The third-order valence-electron chi connectivity index (χ3n) is 12.0. The van der Waals surface area contributed by atoms with Crippen LogP contribution in [0.2, 0.25) is 0 Å². The smallest absolute Gasteiger partial charge is 0.306 e. The molecule has 410 valence electrons. The predicted octanol–water partition coefficient (Wildman–Crippen LogP) is 20.0. The van der Waals surface area contributed by atoms with Gasteiger partial charge in [0, 0.05) is 19.3 Å². The van der Waals surface area contributed by atoms with Gasteiger partial charge in [0.05, 0.1) is 0 Å². The molecular formula is C67H106O6. The highest BCUT2D eigenvalue weighted by Gasteiger charge is 2.19. The van der Waals surface area contributed by atoms with Crippen molar-refractivity contribution in [2.24, 2.45) is 0 Å². The molecule has 0 radical (unpaired) electrons. The Balaban J connectivity index is 4.55.